The minimum absolute atomic E-state index is 0.319. The summed E-state index contributed by atoms with van der Waals surface area (Å²) in [5.74, 6) is 0. The summed E-state index contributed by atoms with van der Waals surface area (Å²) in [7, 11) is 1.95. The fourth-order valence-corrected chi connectivity index (χ4v) is 5.67. The molecular weight excluding hydrogens is 358 g/mol. The van der Waals surface area contributed by atoms with Gasteiger partial charge in [0, 0.05) is 48.4 Å². The highest BCUT2D eigenvalue weighted by Gasteiger charge is 2.49. The van der Waals surface area contributed by atoms with Crippen molar-refractivity contribution in [1.82, 2.24) is 14.7 Å². The normalized spacial score (nSPS) is 32.9. The molecule has 1 spiro atoms. The van der Waals surface area contributed by atoms with E-state index < -0.39 is 5.60 Å². The van der Waals surface area contributed by atoms with Crippen molar-refractivity contribution in [2.75, 3.05) is 13.2 Å². The number of hydrogen-bond donors (Lipinski definition) is 1. The maximum absolute atomic E-state index is 10.7. The van der Waals surface area contributed by atoms with Gasteiger partial charge in [0.15, 0.2) is 0 Å². The minimum atomic E-state index is -0.958. The minimum Gasteiger partial charge on any atom is -0.383 e. The van der Waals surface area contributed by atoms with Gasteiger partial charge in [-0.15, -0.1) is 11.3 Å². The Bertz CT molecular complexity index is 787. The zero-order chi connectivity index (χ0) is 17.8. The second-order valence-corrected chi connectivity index (χ2v) is 9.33. The number of aromatic nitrogens is 2. The van der Waals surface area contributed by atoms with E-state index in [9.17, 15) is 5.11 Å². The first-order valence-electron chi connectivity index (χ1n) is 8.67. The Morgan fingerprint density at radius 2 is 2.32 bits per heavy atom. The molecule has 1 unspecified atom stereocenters. The van der Waals surface area contributed by atoms with Gasteiger partial charge in [-0.2, -0.15) is 5.10 Å². The Kier molecular flexibility index (Phi) is 4.24. The number of thiophene rings is 1. The molecule has 136 valence electrons. The number of likely N-dealkylation sites (tertiary alicyclic amines) is 1. The fourth-order valence-electron chi connectivity index (χ4n) is 4.13. The van der Waals surface area contributed by atoms with Gasteiger partial charge in [0.1, 0.15) is 11.2 Å². The molecule has 0 aromatic carbocycles. The molecule has 4 rings (SSSR count). The molecule has 2 aliphatic rings. The highest BCUT2D eigenvalue weighted by Crippen LogP contribution is 2.51. The van der Waals surface area contributed by atoms with E-state index in [0.29, 0.717) is 12.6 Å². The number of nitrogens with zero attached hydrogens (tertiary/aromatic N) is 3. The van der Waals surface area contributed by atoms with E-state index in [0.717, 1.165) is 40.7 Å². The van der Waals surface area contributed by atoms with Crippen LogP contribution in [-0.4, -0.2) is 39.0 Å². The van der Waals surface area contributed by atoms with E-state index in [4.69, 9.17) is 16.3 Å². The number of piperidine rings is 1. The molecule has 3 atom stereocenters. The summed E-state index contributed by atoms with van der Waals surface area (Å²) in [6.07, 6.45) is 5.83. The lowest BCUT2D eigenvalue weighted by molar-refractivity contribution is -0.167. The fraction of sp³-hybridized carbons (Fsp3) is 0.611. The first-order chi connectivity index (χ1) is 11.8. The van der Waals surface area contributed by atoms with Crippen LogP contribution >= 0.6 is 22.9 Å². The number of halogens is 1. The number of fused-ring (bicyclic) bond motifs is 2. The quantitative estimate of drug-likeness (QED) is 0.867. The standard InChI is InChI=1S/C18H24ClN3O2S/c1-12-7-18(4-5-22(12)10-13-8-20-21(3)9-13)16-14(6-15(19)25-16)17(2,23)11-24-18/h6,8-9,12,23H,4-5,7,10-11H2,1-3H3/t12-,17?,18-/m0/s1. The van der Waals surface area contributed by atoms with E-state index in [1.165, 1.54) is 5.56 Å². The number of ether oxygens (including phenoxy) is 1. The van der Waals surface area contributed by atoms with Gasteiger partial charge in [0.25, 0.3) is 0 Å². The Labute approximate surface area is 157 Å². The Morgan fingerprint density at radius 1 is 1.52 bits per heavy atom. The van der Waals surface area contributed by atoms with Gasteiger partial charge in [-0.3, -0.25) is 9.58 Å². The van der Waals surface area contributed by atoms with Crippen LogP contribution in [0.1, 0.15) is 42.7 Å². The maximum atomic E-state index is 10.7. The van der Waals surface area contributed by atoms with Crippen molar-refractivity contribution in [3.05, 3.63) is 38.8 Å². The SMILES string of the molecule is C[C@H]1C[C@]2(CCN1Cc1cnn(C)c1)OCC(C)(O)c1cc(Cl)sc12. The van der Waals surface area contributed by atoms with Crippen molar-refractivity contribution in [1.29, 1.82) is 0 Å². The third kappa shape index (κ3) is 3.04. The van der Waals surface area contributed by atoms with Crippen LogP contribution in [0.2, 0.25) is 4.34 Å². The zero-order valence-corrected chi connectivity index (χ0v) is 16.4. The predicted molar refractivity (Wildman–Crippen MR) is 98.8 cm³/mol. The topological polar surface area (TPSA) is 50.5 Å². The molecule has 4 heterocycles. The largest absolute Gasteiger partial charge is 0.383 e. The summed E-state index contributed by atoms with van der Waals surface area (Å²) in [6, 6.07) is 2.30. The van der Waals surface area contributed by atoms with Crippen molar-refractivity contribution in [2.24, 2.45) is 7.05 Å². The first kappa shape index (κ1) is 17.5. The lowest BCUT2D eigenvalue weighted by atomic mass is 9.79. The van der Waals surface area contributed by atoms with Crippen LogP contribution in [0.25, 0.3) is 0 Å². The third-order valence-electron chi connectivity index (χ3n) is 5.52. The van der Waals surface area contributed by atoms with Crippen LogP contribution < -0.4 is 0 Å². The average molecular weight is 382 g/mol. The van der Waals surface area contributed by atoms with E-state index in [2.05, 4.69) is 23.1 Å². The van der Waals surface area contributed by atoms with E-state index in [-0.39, 0.29) is 5.60 Å². The van der Waals surface area contributed by atoms with Gasteiger partial charge in [-0.25, -0.2) is 0 Å². The number of aryl methyl sites for hydroxylation is 1. The molecule has 0 saturated carbocycles. The lowest BCUT2D eigenvalue weighted by Crippen LogP contribution is -2.52. The molecule has 2 aliphatic heterocycles. The summed E-state index contributed by atoms with van der Waals surface area (Å²) < 4.78 is 8.86. The second-order valence-electron chi connectivity index (χ2n) is 7.65. The third-order valence-corrected chi connectivity index (χ3v) is 6.97. The van der Waals surface area contributed by atoms with Crippen LogP contribution in [0.4, 0.5) is 0 Å². The molecule has 1 fully saturated rings. The van der Waals surface area contributed by atoms with Crippen molar-refractivity contribution in [3.63, 3.8) is 0 Å². The van der Waals surface area contributed by atoms with Gasteiger partial charge in [-0.05, 0) is 32.8 Å². The van der Waals surface area contributed by atoms with Gasteiger partial charge in [0.05, 0.1) is 17.1 Å². The van der Waals surface area contributed by atoms with Gasteiger partial charge >= 0.3 is 0 Å². The zero-order valence-electron chi connectivity index (χ0n) is 14.8. The molecule has 1 N–H and O–H groups in total. The van der Waals surface area contributed by atoms with E-state index in [1.807, 2.05) is 30.9 Å². The molecular formula is C18H24ClN3O2S. The molecule has 1 saturated heterocycles. The number of rotatable bonds is 2. The van der Waals surface area contributed by atoms with Gasteiger partial charge < -0.3 is 9.84 Å². The van der Waals surface area contributed by atoms with Crippen molar-refractivity contribution >= 4 is 22.9 Å². The van der Waals surface area contributed by atoms with Gasteiger partial charge in [-0.1, -0.05) is 11.6 Å². The summed E-state index contributed by atoms with van der Waals surface area (Å²) in [6.45, 7) is 6.24. The molecule has 2 aromatic heterocycles. The van der Waals surface area contributed by atoms with Gasteiger partial charge in [0.2, 0.25) is 0 Å². The van der Waals surface area contributed by atoms with Crippen LogP contribution in [-0.2, 0) is 29.5 Å². The average Bonchev–Trinajstić information content (AvgIpc) is 3.14. The molecule has 25 heavy (non-hydrogen) atoms. The molecule has 0 bridgehead atoms. The van der Waals surface area contributed by atoms with Crippen LogP contribution in [0.5, 0.6) is 0 Å². The van der Waals surface area contributed by atoms with Crippen LogP contribution in [0.3, 0.4) is 0 Å². The molecule has 5 nitrogen and oxygen atoms in total. The smallest absolute Gasteiger partial charge is 0.111 e. The summed E-state index contributed by atoms with van der Waals surface area (Å²) in [4.78, 5) is 3.59. The maximum Gasteiger partial charge on any atom is 0.111 e. The highest BCUT2D eigenvalue weighted by atomic mass is 35.5. The number of aliphatic hydroxyl groups is 1. The molecule has 0 aliphatic carbocycles. The molecule has 0 radical (unpaired) electrons. The van der Waals surface area contributed by atoms with E-state index >= 15 is 0 Å². The van der Waals surface area contributed by atoms with Crippen LogP contribution in [0, 0.1) is 0 Å². The Morgan fingerprint density at radius 3 is 3.00 bits per heavy atom. The number of hydrogen-bond acceptors (Lipinski definition) is 5. The monoisotopic (exact) mass is 381 g/mol. The molecule has 0 amide bonds. The van der Waals surface area contributed by atoms with E-state index in [1.54, 1.807) is 11.3 Å². The second kappa shape index (κ2) is 6.06. The van der Waals surface area contributed by atoms with Crippen LogP contribution in [0.15, 0.2) is 18.5 Å². The highest BCUT2D eigenvalue weighted by molar-refractivity contribution is 7.16. The summed E-state index contributed by atoms with van der Waals surface area (Å²) >= 11 is 7.84. The Balaban J connectivity index is 1.57. The van der Waals surface area contributed by atoms with Crippen molar-refractivity contribution in [2.45, 2.75) is 50.5 Å². The van der Waals surface area contributed by atoms with Crippen molar-refractivity contribution in [3.8, 4) is 0 Å². The Hall–Kier alpha value is -0.920. The predicted octanol–water partition coefficient (Wildman–Crippen LogP) is 3.25. The lowest BCUT2D eigenvalue weighted by Gasteiger charge is -2.49. The first-order valence-corrected chi connectivity index (χ1v) is 9.87. The summed E-state index contributed by atoms with van der Waals surface area (Å²) in [5.41, 5.74) is 0.903. The molecule has 2 aromatic rings. The van der Waals surface area contributed by atoms with Crippen molar-refractivity contribution < 1.29 is 9.84 Å². The molecule has 7 heteroatoms. The summed E-state index contributed by atoms with van der Waals surface area (Å²) in [5, 5.41) is 14.9.